The van der Waals surface area contributed by atoms with Crippen molar-refractivity contribution in [3.05, 3.63) is 86.8 Å². The molecule has 0 fully saturated rings. The zero-order valence-corrected chi connectivity index (χ0v) is 11.7. The highest BCUT2D eigenvalue weighted by molar-refractivity contribution is 6.09. The first-order chi connectivity index (χ1) is 10.8. The molecule has 1 aliphatic rings. The van der Waals surface area contributed by atoms with Crippen LogP contribution < -0.4 is 16.2 Å². The first-order valence-corrected chi connectivity index (χ1v) is 7.27. The van der Waals surface area contributed by atoms with Crippen LogP contribution in [0.1, 0.15) is 0 Å². The van der Waals surface area contributed by atoms with Gasteiger partial charge in [-0.1, -0.05) is 54.6 Å². The molecule has 104 valence electrons. The fourth-order valence-corrected chi connectivity index (χ4v) is 3.42. The third-order valence-corrected chi connectivity index (χ3v) is 4.38. The van der Waals surface area contributed by atoms with E-state index in [2.05, 4.69) is 35.8 Å². The lowest BCUT2D eigenvalue weighted by molar-refractivity contribution is 0.885. The Hall–Kier alpha value is -3.07. The van der Waals surface area contributed by atoms with E-state index in [-0.39, 0.29) is 5.56 Å². The molecule has 0 radical (unpaired) electrons. The van der Waals surface area contributed by atoms with Gasteiger partial charge < -0.3 is 0 Å². The van der Waals surface area contributed by atoms with E-state index in [1.807, 2.05) is 36.5 Å². The largest absolute Gasteiger partial charge is 0.298 e. The Bertz CT molecular complexity index is 1260. The highest BCUT2D eigenvalue weighted by atomic mass is 16.1. The van der Waals surface area contributed by atoms with Crippen LogP contribution in [0.25, 0.3) is 27.7 Å². The lowest BCUT2D eigenvalue weighted by Crippen LogP contribution is -2.32. The van der Waals surface area contributed by atoms with Crippen LogP contribution in [0.15, 0.2) is 65.5 Å². The van der Waals surface area contributed by atoms with E-state index in [1.54, 1.807) is 4.68 Å². The van der Waals surface area contributed by atoms with E-state index in [0.29, 0.717) is 0 Å². The molecule has 0 aliphatic carbocycles. The SMILES string of the molecule is O=c1c2cccc3cccc(c4n1NC=c1ccccc1=4)c32. The van der Waals surface area contributed by atoms with Crippen LogP contribution >= 0.6 is 0 Å². The van der Waals surface area contributed by atoms with Crippen molar-refractivity contribution in [1.29, 1.82) is 0 Å². The van der Waals surface area contributed by atoms with Gasteiger partial charge in [0.1, 0.15) is 0 Å². The van der Waals surface area contributed by atoms with E-state index in [0.717, 1.165) is 37.3 Å². The summed E-state index contributed by atoms with van der Waals surface area (Å²) in [7, 11) is 0. The number of rotatable bonds is 0. The van der Waals surface area contributed by atoms with E-state index in [1.165, 1.54) is 0 Å². The number of hydrogen-bond donors (Lipinski definition) is 1. The molecule has 0 spiro atoms. The summed E-state index contributed by atoms with van der Waals surface area (Å²) in [6, 6.07) is 20.2. The highest BCUT2D eigenvalue weighted by Crippen LogP contribution is 2.25. The van der Waals surface area contributed by atoms with E-state index in [4.69, 9.17) is 0 Å². The van der Waals surface area contributed by atoms with E-state index < -0.39 is 0 Å². The second kappa shape index (κ2) is 3.98. The molecule has 0 saturated carbocycles. The van der Waals surface area contributed by atoms with Crippen LogP contribution in [0.5, 0.6) is 0 Å². The quantitative estimate of drug-likeness (QED) is 0.538. The molecule has 3 nitrogen and oxygen atoms in total. The Balaban J connectivity index is 2.31. The van der Waals surface area contributed by atoms with Crippen molar-refractivity contribution in [1.82, 2.24) is 4.68 Å². The molecule has 0 bridgehead atoms. The average Bonchev–Trinajstić information content (AvgIpc) is 2.58. The van der Waals surface area contributed by atoms with Gasteiger partial charge in [-0.15, -0.1) is 0 Å². The number of aromatic nitrogens is 1. The minimum Gasteiger partial charge on any atom is -0.298 e. The molecule has 3 heteroatoms. The van der Waals surface area contributed by atoms with E-state index >= 15 is 0 Å². The van der Waals surface area contributed by atoms with Gasteiger partial charge in [-0.2, -0.15) is 0 Å². The van der Waals surface area contributed by atoms with Gasteiger partial charge in [0.25, 0.3) is 5.56 Å². The van der Waals surface area contributed by atoms with Gasteiger partial charge in [-0.3, -0.25) is 10.2 Å². The standard InChI is InChI=1S/C19H12N2O/c22-19-16-10-4-7-12-6-3-9-15(17(12)16)18-14-8-2-1-5-13(14)11-20-21(18)19/h1-11,20H. The third kappa shape index (κ3) is 1.33. The van der Waals surface area contributed by atoms with Crippen molar-refractivity contribution in [2.45, 2.75) is 0 Å². The van der Waals surface area contributed by atoms with Crippen molar-refractivity contribution in [3.8, 4) is 0 Å². The molecule has 2 heterocycles. The van der Waals surface area contributed by atoms with Gasteiger partial charge in [0.05, 0.1) is 10.7 Å². The zero-order chi connectivity index (χ0) is 14.7. The van der Waals surface area contributed by atoms with Crippen LogP contribution in [0.3, 0.4) is 0 Å². The molecular weight excluding hydrogens is 272 g/mol. The number of pyridine rings is 1. The fraction of sp³-hybridized carbons (Fsp3) is 0. The number of hydrogen-bond acceptors (Lipinski definition) is 2. The van der Waals surface area contributed by atoms with Crippen molar-refractivity contribution in [2.24, 2.45) is 0 Å². The van der Waals surface area contributed by atoms with Gasteiger partial charge in [-0.25, -0.2) is 4.68 Å². The molecule has 5 rings (SSSR count). The lowest BCUT2D eigenvalue weighted by atomic mass is 10.0. The average molecular weight is 284 g/mol. The van der Waals surface area contributed by atoms with Gasteiger partial charge in [0.2, 0.25) is 0 Å². The Morgan fingerprint density at radius 1 is 0.818 bits per heavy atom. The minimum absolute atomic E-state index is 0.00921. The maximum atomic E-state index is 12.9. The first-order valence-electron chi connectivity index (χ1n) is 7.27. The number of fused-ring (bicyclic) bond motifs is 3. The summed E-state index contributed by atoms with van der Waals surface area (Å²) in [5.41, 5.74) is 3.12. The molecule has 0 amide bonds. The maximum Gasteiger partial charge on any atom is 0.277 e. The zero-order valence-electron chi connectivity index (χ0n) is 11.7. The Kier molecular flexibility index (Phi) is 2.09. The van der Waals surface area contributed by atoms with Crippen molar-refractivity contribution < 1.29 is 0 Å². The van der Waals surface area contributed by atoms with Gasteiger partial charge in [0.15, 0.2) is 0 Å². The first kappa shape index (κ1) is 11.6. The summed E-state index contributed by atoms with van der Waals surface area (Å²) < 4.78 is 1.65. The van der Waals surface area contributed by atoms with Gasteiger partial charge >= 0.3 is 0 Å². The molecule has 0 saturated heterocycles. The number of nitrogens with one attached hydrogen (secondary N) is 1. The van der Waals surface area contributed by atoms with Crippen LogP contribution in [-0.4, -0.2) is 4.68 Å². The second-order valence-electron chi connectivity index (χ2n) is 5.56. The normalized spacial score (nSPS) is 12.5. The Morgan fingerprint density at radius 2 is 1.59 bits per heavy atom. The highest BCUT2D eigenvalue weighted by Gasteiger charge is 2.12. The van der Waals surface area contributed by atoms with Crippen LogP contribution in [0, 0.1) is 10.6 Å². The molecular formula is C19H12N2O. The second-order valence-corrected chi connectivity index (χ2v) is 5.56. The number of benzene rings is 3. The van der Waals surface area contributed by atoms with Crippen LogP contribution in [-0.2, 0) is 0 Å². The van der Waals surface area contributed by atoms with Gasteiger partial charge in [0, 0.05) is 27.4 Å². The Labute approximate surface area is 125 Å². The minimum atomic E-state index is -0.00921. The monoisotopic (exact) mass is 284 g/mol. The summed E-state index contributed by atoms with van der Waals surface area (Å²) in [5, 5.41) is 7.10. The van der Waals surface area contributed by atoms with Crippen LogP contribution in [0.4, 0.5) is 0 Å². The summed E-state index contributed by atoms with van der Waals surface area (Å²) in [4.78, 5) is 12.9. The molecule has 1 N–H and O–H groups in total. The topological polar surface area (TPSA) is 34.0 Å². The van der Waals surface area contributed by atoms with Crippen molar-refractivity contribution in [2.75, 3.05) is 5.43 Å². The van der Waals surface area contributed by atoms with Gasteiger partial charge in [-0.05, 0) is 11.5 Å². The molecule has 0 atom stereocenters. The lowest BCUT2D eigenvalue weighted by Gasteiger charge is -2.15. The molecule has 4 aromatic rings. The molecule has 0 unspecified atom stereocenters. The molecule has 1 aromatic heterocycles. The van der Waals surface area contributed by atoms with E-state index in [9.17, 15) is 4.79 Å². The number of nitrogens with zero attached hydrogens (tertiary/aromatic N) is 1. The fourth-order valence-electron chi connectivity index (χ4n) is 3.42. The third-order valence-electron chi connectivity index (χ3n) is 4.38. The summed E-state index contributed by atoms with van der Waals surface area (Å²) in [6.07, 6.45) is 1.88. The van der Waals surface area contributed by atoms with Crippen molar-refractivity contribution >= 4 is 27.7 Å². The molecule has 1 aliphatic heterocycles. The van der Waals surface area contributed by atoms with Crippen LogP contribution in [0.2, 0.25) is 0 Å². The predicted molar refractivity (Wildman–Crippen MR) is 88.9 cm³/mol. The molecule has 22 heavy (non-hydrogen) atoms. The summed E-state index contributed by atoms with van der Waals surface area (Å²) >= 11 is 0. The van der Waals surface area contributed by atoms with Crippen molar-refractivity contribution in [3.63, 3.8) is 0 Å². The smallest absolute Gasteiger partial charge is 0.277 e. The Morgan fingerprint density at radius 3 is 2.45 bits per heavy atom. The summed E-state index contributed by atoms with van der Waals surface area (Å²) in [6.45, 7) is 0. The predicted octanol–water partition coefficient (Wildman–Crippen LogP) is 2.46. The maximum absolute atomic E-state index is 12.9. The molecule has 3 aromatic carbocycles. The summed E-state index contributed by atoms with van der Waals surface area (Å²) in [5.74, 6) is 0.